The number of nitrogens with two attached hydrogens (primary N) is 1. The van der Waals surface area contributed by atoms with Crippen LogP contribution in [-0.4, -0.2) is 38.2 Å². The second kappa shape index (κ2) is 7.53. The van der Waals surface area contributed by atoms with Crippen molar-refractivity contribution in [2.75, 3.05) is 16.6 Å². The number of urea groups is 1. The molecule has 0 radical (unpaired) electrons. The molecule has 1 aromatic carbocycles. The van der Waals surface area contributed by atoms with Gasteiger partial charge in [0.05, 0.1) is 11.3 Å². The molecule has 0 bridgehead atoms. The molecule has 176 valence electrons. The molecule has 0 saturated heterocycles. The molecule has 12 nitrogen and oxygen atoms in total. The van der Waals surface area contributed by atoms with Crippen LogP contribution in [-0.2, 0) is 10.0 Å². The molecule has 4 heterocycles. The third-order valence-corrected chi connectivity index (χ3v) is 7.64. The lowest BCUT2D eigenvalue weighted by molar-refractivity contribution is 0.0967. The Balaban J connectivity index is 1.64. The lowest BCUT2D eigenvalue weighted by Gasteiger charge is -2.35. The average molecular weight is 525 g/mol. The topological polar surface area (TPSA) is 162 Å². The van der Waals surface area contributed by atoms with E-state index >= 15 is 0 Å². The molecule has 2 aliphatic rings. The van der Waals surface area contributed by atoms with E-state index in [1.165, 1.54) is 18.4 Å². The van der Waals surface area contributed by atoms with Crippen molar-refractivity contribution in [1.82, 2.24) is 5.16 Å². The summed E-state index contributed by atoms with van der Waals surface area (Å²) < 4.78 is 39.8. The van der Waals surface area contributed by atoms with Crippen LogP contribution in [0.3, 0.4) is 0 Å². The maximum Gasteiger partial charge on any atom is 0.345 e. The largest absolute Gasteiger partial charge is 0.454 e. The van der Waals surface area contributed by atoms with Gasteiger partial charge in [-0.15, -0.1) is 11.3 Å². The van der Waals surface area contributed by atoms with Gasteiger partial charge in [0.15, 0.2) is 11.5 Å². The fraction of sp³-hybridized carbons (Fsp3) is 0.158. The number of ether oxygens (including phenoxy) is 2. The summed E-state index contributed by atoms with van der Waals surface area (Å²) >= 11 is 6.94. The van der Waals surface area contributed by atoms with Crippen molar-refractivity contribution in [3.05, 3.63) is 44.2 Å². The number of aromatic nitrogens is 1. The molecule has 0 aliphatic carbocycles. The molecule has 5 rings (SSSR count). The molecule has 2 N–H and O–H groups in total. The first-order valence-corrected chi connectivity index (χ1v) is 12.2. The lowest BCUT2D eigenvalue weighted by Crippen LogP contribution is -2.54. The van der Waals surface area contributed by atoms with Crippen molar-refractivity contribution in [2.45, 2.75) is 18.7 Å². The van der Waals surface area contributed by atoms with Gasteiger partial charge in [0.2, 0.25) is 16.8 Å². The summed E-state index contributed by atoms with van der Waals surface area (Å²) in [5, 5.41) is 10.0. The zero-order chi connectivity index (χ0) is 24.5. The predicted octanol–water partition coefficient (Wildman–Crippen LogP) is 2.81. The van der Waals surface area contributed by atoms with Crippen LogP contribution in [0.15, 0.2) is 26.9 Å². The number of primary sulfonamides is 1. The van der Waals surface area contributed by atoms with E-state index in [4.69, 9.17) is 30.7 Å². The third kappa shape index (κ3) is 3.10. The van der Waals surface area contributed by atoms with E-state index in [1.807, 2.05) is 0 Å². The maximum atomic E-state index is 13.6. The Morgan fingerprint density at radius 3 is 2.68 bits per heavy atom. The minimum atomic E-state index is -4.30. The Labute approximate surface area is 200 Å². The average Bonchev–Trinajstić information content (AvgIpc) is 3.51. The first kappa shape index (κ1) is 22.3. The monoisotopic (exact) mass is 524 g/mol. The van der Waals surface area contributed by atoms with Gasteiger partial charge in [0.1, 0.15) is 20.5 Å². The molecule has 15 heteroatoms. The van der Waals surface area contributed by atoms with Crippen LogP contribution in [0.5, 0.6) is 11.5 Å². The zero-order valence-corrected chi connectivity index (χ0v) is 19.7. The summed E-state index contributed by atoms with van der Waals surface area (Å²) in [6, 6.07) is 1.40. The quantitative estimate of drug-likeness (QED) is 0.542. The molecule has 0 unspecified atom stereocenters. The van der Waals surface area contributed by atoms with Crippen molar-refractivity contribution >= 4 is 62.4 Å². The predicted molar refractivity (Wildman–Crippen MR) is 118 cm³/mol. The van der Waals surface area contributed by atoms with Crippen molar-refractivity contribution < 1.29 is 36.8 Å². The molecule has 0 atom stereocenters. The van der Waals surface area contributed by atoms with E-state index in [0.717, 1.165) is 22.3 Å². The Morgan fingerprint density at radius 2 is 2.03 bits per heavy atom. The van der Waals surface area contributed by atoms with Crippen LogP contribution in [0, 0.1) is 13.8 Å². The molecular weight excluding hydrogens is 512 g/mol. The third-order valence-electron chi connectivity index (χ3n) is 5.22. The summed E-state index contributed by atoms with van der Waals surface area (Å²) in [4.78, 5) is 40.3. The Bertz CT molecular complexity index is 1530. The van der Waals surface area contributed by atoms with Gasteiger partial charge in [0, 0.05) is 5.56 Å². The summed E-state index contributed by atoms with van der Waals surface area (Å²) in [6.45, 7) is 3.04. The van der Waals surface area contributed by atoms with E-state index in [2.05, 4.69) is 5.16 Å². The van der Waals surface area contributed by atoms with Gasteiger partial charge in [0.25, 0.3) is 17.7 Å². The lowest BCUT2D eigenvalue weighted by atomic mass is 9.96. The number of amides is 4. The SMILES string of the molecule is Cc1noc(N(C(=O)c2sccc2S(N)(=O)=O)C(=O)N2C(=O)c3cc4c(c(C)c32)OCO4)c1Cl. The smallest absolute Gasteiger partial charge is 0.345 e. The van der Waals surface area contributed by atoms with E-state index < -0.39 is 38.6 Å². The number of thiophene rings is 1. The van der Waals surface area contributed by atoms with E-state index in [-0.39, 0.29) is 33.6 Å². The molecule has 0 spiro atoms. The molecule has 2 aliphatic heterocycles. The first-order chi connectivity index (χ1) is 16.0. The number of imide groups is 2. The van der Waals surface area contributed by atoms with Gasteiger partial charge < -0.3 is 14.0 Å². The number of hydrogen-bond acceptors (Lipinski definition) is 10. The number of carbonyl (C=O) groups excluding carboxylic acids is 3. The summed E-state index contributed by atoms with van der Waals surface area (Å²) in [7, 11) is -4.30. The van der Waals surface area contributed by atoms with Crippen LogP contribution in [0.1, 0.15) is 31.3 Å². The minimum absolute atomic E-state index is 0.0481. The second-order valence-corrected chi connectivity index (χ2v) is 10.1. The van der Waals surface area contributed by atoms with Crippen molar-refractivity contribution in [1.29, 1.82) is 0 Å². The number of aryl methyl sites for hydroxylation is 1. The fourth-order valence-corrected chi connectivity index (χ4v) is 5.68. The van der Waals surface area contributed by atoms with Crippen LogP contribution >= 0.6 is 22.9 Å². The molecule has 34 heavy (non-hydrogen) atoms. The maximum absolute atomic E-state index is 13.6. The van der Waals surface area contributed by atoms with Gasteiger partial charge >= 0.3 is 6.03 Å². The number of sulfonamides is 1. The molecule has 0 saturated carbocycles. The summed E-state index contributed by atoms with van der Waals surface area (Å²) in [5.41, 5.74) is 0.979. The second-order valence-electron chi connectivity index (χ2n) is 7.24. The molecule has 3 aromatic rings. The number of benzene rings is 1. The van der Waals surface area contributed by atoms with Gasteiger partial charge in [-0.2, -0.15) is 4.90 Å². The van der Waals surface area contributed by atoms with Crippen molar-refractivity contribution in [3.8, 4) is 11.5 Å². The Kier molecular flexibility index (Phi) is 4.95. The number of hydrogen-bond donors (Lipinski definition) is 1. The fourth-order valence-electron chi connectivity index (χ4n) is 3.63. The van der Waals surface area contributed by atoms with Crippen LogP contribution in [0.4, 0.5) is 16.4 Å². The number of nitrogens with zero attached hydrogens (tertiary/aromatic N) is 3. The highest BCUT2D eigenvalue weighted by Gasteiger charge is 2.47. The number of carbonyl (C=O) groups is 3. The highest BCUT2D eigenvalue weighted by molar-refractivity contribution is 7.89. The number of rotatable bonds is 3. The molecule has 0 fully saturated rings. The van der Waals surface area contributed by atoms with Gasteiger partial charge in [-0.3, -0.25) is 9.59 Å². The normalized spacial score (nSPS) is 14.1. The van der Waals surface area contributed by atoms with Gasteiger partial charge in [-0.1, -0.05) is 16.8 Å². The molecule has 4 amide bonds. The molecule has 2 aromatic heterocycles. The van der Waals surface area contributed by atoms with Gasteiger partial charge in [-0.25, -0.2) is 23.3 Å². The first-order valence-electron chi connectivity index (χ1n) is 9.40. The highest BCUT2D eigenvalue weighted by atomic mass is 35.5. The number of halogens is 1. The van der Waals surface area contributed by atoms with E-state index in [0.29, 0.717) is 22.0 Å². The summed E-state index contributed by atoms with van der Waals surface area (Å²) in [5.74, 6) is -1.62. The standard InChI is InChI=1S/C19H13ClN4O8S2/c1-7-13-9(5-10-14(7)31-6-30-10)16(25)23(13)19(27)24(18-12(20)8(2)22-32-18)17(26)15-11(3-4-33-15)34(21,28)29/h3-5H,6H2,1-2H3,(H2,21,28,29). The van der Waals surface area contributed by atoms with Crippen molar-refractivity contribution in [2.24, 2.45) is 5.14 Å². The van der Waals surface area contributed by atoms with Gasteiger partial charge in [-0.05, 0) is 31.4 Å². The Hall–Kier alpha value is -3.46. The number of fused-ring (bicyclic) bond motifs is 2. The van der Waals surface area contributed by atoms with E-state index in [1.54, 1.807) is 6.92 Å². The minimum Gasteiger partial charge on any atom is -0.454 e. The van der Waals surface area contributed by atoms with Crippen LogP contribution in [0.25, 0.3) is 0 Å². The van der Waals surface area contributed by atoms with Crippen molar-refractivity contribution in [3.63, 3.8) is 0 Å². The van der Waals surface area contributed by atoms with Crippen LogP contribution < -0.4 is 24.4 Å². The highest BCUT2D eigenvalue weighted by Crippen LogP contribution is 2.48. The molecular formula is C19H13ClN4O8S2. The Morgan fingerprint density at radius 1 is 1.29 bits per heavy atom. The number of anilines is 2. The van der Waals surface area contributed by atoms with E-state index in [9.17, 15) is 22.8 Å². The zero-order valence-electron chi connectivity index (χ0n) is 17.3. The van der Waals surface area contributed by atoms with Crippen LogP contribution in [0.2, 0.25) is 5.02 Å². The summed E-state index contributed by atoms with van der Waals surface area (Å²) in [6.07, 6.45) is 0.